The van der Waals surface area contributed by atoms with E-state index in [1.54, 1.807) is 0 Å². The molecule has 1 saturated heterocycles. The van der Waals surface area contributed by atoms with Gasteiger partial charge in [0.2, 0.25) is 0 Å². The summed E-state index contributed by atoms with van der Waals surface area (Å²) >= 11 is 0. The Bertz CT molecular complexity index is 184. The fraction of sp³-hybridized carbons (Fsp3) is 1.00. The van der Waals surface area contributed by atoms with Crippen LogP contribution >= 0.6 is 0 Å². The van der Waals surface area contributed by atoms with Crippen molar-refractivity contribution in [2.45, 2.75) is 83.7 Å². The molecule has 2 heteroatoms. The largest absolute Gasteiger partial charge is 0.392 e. The summed E-state index contributed by atoms with van der Waals surface area (Å²) in [6.45, 7) is 5.50. The van der Waals surface area contributed by atoms with E-state index in [2.05, 4.69) is 11.8 Å². The van der Waals surface area contributed by atoms with Crippen LogP contribution in [0, 0.1) is 0 Å². The Morgan fingerprint density at radius 1 is 0.889 bits per heavy atom. The first-order valence-corrected chi connectivity index (χ1v) is 8.23. The molecule has 0 radical (unpaired) electrons. The molecule has 0 saturated carbocycles. The van der Waals surface area contributed by atoms with Crippen molar-refractivity contribution >= 4 is 0 Å². The van der Waals surface area contributed by atoms with E-state index >= 15 is 0 Å². The molecule has 0 aliphatic carbocycles. The van der Waals surface area contributed by atoms with Crippen molar-refractivity contribution in [1.29, 1.82) is 0 Å². The van der Waals surface area contributed by atoms with Crippen molar-refractivity contribution in [3.05, 3.63) is 0 Å². The predicted octanol–water partition coefficient (Wildman–Crippen LogP) is 3.97. The molecule has 1 fully saturated rings. The van der Waals surface area contributed by atoms with E-state index in [4.69, 9.17) is 0 Å². The number of likely N-dealkylation sites (tertiary alicyclic amines) is 1. The van der Waals surface area contributed by atoms with E-state index in [1.807, 2.05) is 0 Å². The molecule has 1 aliphatic rings. The standard InChI is InChI=1S/C16H33NO/c1-2-3-4-5-6-7-8-9-10-11-13-17-14-12-16(18)15-17/h16,18H,2-15H2,1H3/t16-/m1/s1. The zero-order valence-electron chi connectivity index (χ0n) is 12.4. The molecule has 1 rings (SSSR count). The summed E-state index contributed by atoms with van der Waals surface area (Å²) in [6.07, 6.45) is 15.0. The Balaban J connectivity index is 1.73. The summed E-state index contributed by atoms with van der Waals surface area (Å²) in [7, 11) is 0. The van der Waals surface area contributed by atoms with Gasteiger partial charge in [0.15, 0.2) is 0 Å². The van der Waals surface area contributed by atoms with Gasteiger partial charge in [0.1, 0.15) is 0 Å². The summed E-state index contributed by atoms with van der Waals surface area (Å²) < 4.78 is 0. The minimum atomic E-state index is -0.0480. The van der Waals surface area contributed by atoms with Crippen molar-refractivity contribution in [3.8, 4) is 0 Å². The zero-order chi connectivity index (χ0) is 13.1. The first-order valence-electron chi connectivity index (χ1n) is 8.23. The maximum absolute atomic E-state index is 9.42. The summed E-state index contributed by atoms with van der Waals surface area (Å²) in [5.41, 5.74) is 0. The van der Waals surface area contributed by atoms with Gasteiger partial charge in [0.05, 0.1) is 6.10 Å². The molecule has 1 aliphatic heterocycles. The highest BCUT2D eigenvalue weighted by Crippen LogP contribution is 2.13. The predicted molar refractivity (Wildman–Crippen MR) is 78.9 cm³/mol. The first-order chi connectivity index (χ1) is 8.83. The fourth-order valence-corrected chi connectivity index (χ4v) is 2.84. The molecule has 0 aromatic carbocycles. The van der Waals surface area contributed by atoms with E-state index in [-0.39, 0.29) is 6.10 Å². The molecule has 108 valence electrons. The number of unbranched alkanes of at least 4 members (excludes halogenated alkanes) is 9. The highest BCUT2D eigenvalue weighted by atomic mass is 16.3. The number of β-amino-alcohol motifs (C(OH)–C–C–N with tert-alkyl or cyclic N) is 1. The van der Waals surface area contributed by atoms with Gasteiger partial charge < -0.3 is 10.0 Å². The molecule has 0 amide bonds. The topological polar surface area (TPSA) is 23.5 Å². The van der Waals surface area contributed by atoms with Crippen LogP contribution in [0.25, 0.3) is 0 Å². The lowest BCUT2D eigenvalue weighted by atomic mass is 10.1. The van der Waals surface area contributed by atoms with Crippen LogP contribution < -0.4 is 0 Å². The van der Waals surface area contributed by atoms with Gasteiger partial charge in [-0.1, -0.05) is 64.7 Å². The second-order valence-electron chi connectivity index (χ2n) is 5.93. The van der Waals surface area contributed by atoms with Crippen LogP contribution in [0.1, 0.15) is 77.6 Å². The molecule has 0 bridgehead atoms. The maximum Gasteiger partial charge on any atom is 0.0679 e. The van der Waals surface area contributed by atoms with Crippen LogP contribution in [0.3, 0.4) is 0 Å². The Morgan fingerprint density at radius 2 is 1.44 bits per heavy atom. The minimum absolute atomic E-state index is 0.0480. The van der Waals surface area contributed by atoms with Gasteiger partial charge in [0.25, 0.3) is 0 Å². The third-order valence-electron chi connectivity index (χ3n) is 4.08. The quantitative estimate of drug-likeness (QED) is 0.565. The Labute approximate surface area is 114 Å². The Hall–Kier alpha value is -0.0800. The molecule has 1 heterocycles. The zero-order valence-corrected chi connectivity index (χ0v) is 12.4. The lowest BCUT2D eigenvalue weighted by molar-refractivity contribution is 0.175. The smallest absolute Gasteiger partial charge is 0.0679 e. The van der Waals surface area contributed by atoms with E-state index in [9.17, 15) is 5.11 Å². The maximum atomic E-state index is 9.42. The Kier molecular flexibility index (Phi) is 9.59. The lowest BCUT2D eigenvalue weighted by Crippen LogP contribution is -2.23. The number of hydrogen-bond donors (Lipinski definition) is 1. The average Bonchev–Trinajstić information content (AvgIpc) is 2.77. The molecule has 1 atom stereocenters. The lowest BCUT2D eigenvalue weighted by Gasteiger charge is -2.14. The molecule has 0 aromatic heterocycles. The van der Waals surface area contributed by atoms with Crippen molar-refractivity contribution in [2.75, 3.05) is 19.6 Å². The average molecular weight is 255 g/mol. The molecule has 18 heavy (non-hydrogen) atoms. The van der Waals surface area contributed by atoms with Crippen LogP contribution in [0.2, 0.25) is 0 Å². The summed E-state index contributed by atoms with van der Waals surface area (Å²) in [4.78, 5) is 2.41. The molecule has 2 nitrogen and oxygen atoms in total. The monoisotopic (exact) mass is 255 g/mol. The van der Waals surface area contributed by atoms with E-state index in [1.165, 1.54) is 70.8 Å². The van der Waals surface area contributed by atoms with Crippen molar-refractivity contribution in [3.63, 3.8) is 0 Å². The second kappa shape index (κ2) is 10.8. The SMILES string of the molecule is CCCCCCCCCCCCN1CC[C@@H](O)C1. The summed E-state index contributed by atoms with van der Waals surface area (Å²) in [5, 5.41) is 9.42. The molecule has 0 spiro atoms. The van der Waals surface area contributed by atoms with Gasteiger partial charge in [-0.25, -0.2) is 0 Å². The van der Waals surface area contributed by atoms with Crippen LogP contribution in [0.15, 0.2) is 0 Å². The molecule has 1 N–H and O–H groups in total. The van der Waals surface area contributed by atoms with E-state index < -0.39 is 0 Å². The third-order valence-corrected chi connectivity index (χ3v) is 4.08. The number of rotatable bonds is 11. The molecule has 0 aromatic rings. The van der Waals surface area contributed by atoms with Crippen LogP contribution in [-0.4, -0.2) is 35.7 Å². The van der Waals surface area contributed by atoms with Gasteiger partial charge in [-0.2, -0.15) is 0 Å². The van der Waals surface area contributed by atoms with Crippen molar-refractivity contribution in [1.82, 2.24) is 4.90 Å². The van der Waals surface area contributed by atoms with Gasteiger partial charge in [-0.15, -0.1) is 0 Å². The Morgan fingerprint density at radius 3 is 1.94 bits per heavy atom. The fourth-order valence-electron chi connectivity index (χ4n) is 2.84. The van der Waals surface area contributed by atoms with Gasteiger partial charge in [0, 0.05) is 13.1 Å². The molecular weight excluding hydrogens is 222 g/mol. The number of aliphatic hydroxyl groups is 1. The second-order valence-corrected chi connectivity index (χ2v) is 5.93. The minimum Gasteiger partial charge on any atom is -0.392 e. The highest BCUT2D eigenvalue weighted by molar-refractivity contribution is 4.73. The number of hydrogen-bond acceptors (Lipinski definition) is 2. The van der Waals surface area contributed by atoms with E-state index in [0.717, 1.165) is 19.5 Å². The van der Waals surface area contributed by atoms with Crippen LogP contribution in [0.4, 0.5) is 0 Å². The van der Waals surface area contributed by atoms with Crippen LogP contribution in [-0.2, 0) is 0 Å². The highest BCUT2D eigenvalue weighted by Gasteiger charge is 2.18. The van der Waals surface area contributed by atoms with Crippen molar-refractivity contribution in [2.24, 2.45) is 0 Å². The van der Waals surface area contributed by atoms with Crippen LogP contribution in [0.5, 0.6) is 0 Å². The van der Waals surface area contributed by atoms with Gasteiger partial charge >= 0.3 is 0 Å². The van der Waals surface area contributed by atoms with Crippen molar-refractivity contribution < 1.29 is 5.11 Å². The van der Waals surface area contributed by atoms with Gasteiger partial charge in [-0.05, 0) is 19.4 Å². The summed E-state index contributed by atoms with van der Waals surface area (Å²) in [6, 6.07) is 0. The number of nitrogens with zero attached hydrogens (tertiary/aromatic N) is 1. The van der Waals surface area contributed by atoms with Gasteiger partial charge in [-0.3, -0.25) is 0 Å². The summed E-state index contributed by atoms with van der Waals surface area (Å²) in [5.74, 6) is 0. The normalized spacial score (nSPS) is 20.7. The first kappa shape index (κ1) is 16.0. The number of aliphatic hydroxyl groups excluding tert-OH is 1. The molecule has 0 unspecified atom stereocenters. The third kappa shape index (κ3) is 8.10. The van der Waals surface area contributed by atoms with E-state index in [0.29, 0.717) is 0 Å². The molecular formula is C16H33NO.